The van der Waals surface area contributed by atoms with Gasteiger partial charge in [-0.3, -0.25) is 18.6 Å². The average Bonchev–Trinajstić information content (AvgIpc) is 3.61. The number of carbonyl (C=O) groups excluding carboxylic acids is 2. The van der Waals surface area contributed by atoms with Gasteiger partial charge in [-0.05, 0) is 12.8 Å². The molecule has 0 rings (SSSR count). The van der Waals surface area contributed by atoms with E-state index in [2.05, 4.69) is 13.8 Å². The van der Waals surface area contributed by atoms with Gasteiger partial charge < -0.3 is 18.9 Å². The number of rotatable bonds is 72. The first-order chi connectivity index (χ1) is 41.0. The second kappa shape index (κ2) is 66.4. The van der Waals surface area contributed by atoms with Gasteiger partial charge in [0.25, 0.3) is 0 Å². The van der Waals surface area contributed by atoms with Crippen molar-refractivity contribution >= 4 is 19.8 Å². The molecule has 0 saturated heterocycles. The maximum absolute atomic E-state index is 12.9. The number of likely N-dealkylation sites (N-methyl/N-ethyl adjacent to an activating group) is 1. The van der Waals surface area contributed by atoms with E-state index in [4.69, 9.17) is 18.5 Å². The van der Waals surface area contributed by atoms with E-state index in [0.29, 0.717) is 17.4 Å². The summed E-state index contributed by atoms with van der Waals surface area (Å²) in [5, 5.41) is 0. The molecule has 0 aromatic carbocycles. The Bertz CT molecular complexity index is 1370. The zero-order valence-corrected chi connectivity index (χ0v) is 58.3. The molecule has 10 heteroatoms. The van der Waals surface area contributed by atoms with Crippen LogP contribution in [0.2, 0.25) is 0 Å². The summed E-state index contributed by atoms with van der Waals surface area (Å²) in [7, 11) is 1.51. The van der Waals surface area contributed by atoms with Crippen LogP contribution >= 0.6 is 7.82 Å². The molecule has 1 N–H and O–H groups in total. The Morgan fingerprint density at radius 2 is 0.536 bits per heavy atom. The lowest BCUT2D eigenvalue weighted by Gasteiger charge is -2.24. The van der Waals surface area contributed by atoms with Crippen molar-refractivity contribution in [3.63, 3.8) is 0 Å². The van der Waals surface area contributed by atoms with Gasteiger partial charge in [-0.15, -0.1) is 0 Å². The first kappa shape index (κ1) is 83.0. The molecule has 0 heterocycles. The second-order valence-corrected chi connectivity index (χ2v) is 28.9. The monoisotopic (exact) mass is 1210 g/mol. The summed E-state index contributed by atoms with van der Waals surface area (Å²) < 4.78 is 34.8. The summed E-state index contributed by atoms with van der Waals surface area (Å²) in [6, 6.07) is 0. The highest BCUT2D eigenvalue weighted by Gasteiger charge is 2.27. The fraction of sp³-hybridized carbons (Fsp3) is 0.973. The van der Waals surface area contributed by atoms with E-state index in [1.165, 1.54) is 347 Å². The fourth-order valence-electron chi connectivity index (χ4n) is 11.8. The summed E-state index contributed by atoms with van der Waals surface area (Å²) in [4.78, 5) is 35.9. The highest BCUT2D eigenvalue weighted by atomic mass is 31.2. The smallest absolute Gasteiger partial charge is 0.462 e. The van der Waals surface area contributed by atoms with E-state index in [1.54, 1.807) is 0 Å². The van der Waals surface area contributed by atoms with Gasteiger partial charge in [0, 0.05) is 12.8 Å². The van der Waals surface area contributed by atoms with Gasteiger partial charge in [-0.25, -0.2) is 4.57 Å². The predicted molar refractivity (Wildman–Crippen MR) is 363 cm³/mol. The van der Waals surface area contributed by atoms with Crippen molar-refractivity contribution in [3.8, 4) is 0 Å². The molecule has 2 unspecified atom stereocenters. The molecular weight excluding hydrogens is 1060 g/mol. The van der Waals surface area contributed by atoms with Crippen LogP contribution in [-0.4, -0.2) is 74.9 Å². The molecule has 0 radical (unpaired) electrons. The number of phosphoric acid groups is 1. The largest absolute Gasteiger partial charge is 0.472 e. The number of phosphoric ester groups is 1. The van der Waals surface area contributed by atoms with Crippen molar-refractivity contribution in [1.82, 2.24) is 0 Å². The van der Waals surface area contributed by atoms with Crippen molar-refractivity contribution in [1.29, 1.82) is 0 Å². The molecule has 0 aromatic heterocycles. The van der Waals surface area contributed by atoms with Crippen LogP contribution in [0.3, 0.4) is 0 Å². The third kappa shape index (κ3) is 70.1. The summed E-state index contributed by atoms with van der Waals surface area (Å²) in [6.07, 6.45) is 81.0. The van der Waals surface area contributed by atoms with Gasteiger partial charge in [0.2, 0.25) is 0 Å². The summed E-state index contributed by atoms with van der Waals surface area (Å²) in [5.41, 5.74) is 0. The number of ether oxygens (including phenoxy) is 2. The molecule has 0 aliphatic carbocycles. The van der Waals surface area contributed by atoms with Crippen molar-refractivity contribution in [2.45, 2.75) is 418 Å². The molecule has 0 aromatic rings. The fourth-order valence-corrected chi connectivity index (χ4v) is 12.6. The normalized spacial score (nSPS) is 13.0. The second-order valence-electron chi connectivity index (χ2n) is 27.4. The van der Waals surface area contributed by atoms with Crippen LogP contribution in [0.15, 0.2) is 0 Å². The summed E-state index contributed by atoms with van der Waals surface area (Å²) >= 11 is 0. The molecule has 0 fully saturated rings. The maximum atomic E-state index is 12.9. The quantitative estimate of drug-likeness (QED) is 0.0278. The Labute approximate surface area is 524 Å². The number of nitrogens with zero attached hydrogens (tertiary/aromatic N) is 1. The van der Waals surface area contributed by atoms with E-state index >= 15 is 0 Å². The maximum Gasteiger partial charge on any atom is 0.472 e. The highest BCUT2D eigenvalue weighted by Crippen LogP contribution is 2.43. The van der Waals surface area contributed by atoms with Crippen LogP contribution in [0.25, 0.3) is 0 Å². The van der Waals surface area contributed by atoms with Crippen LogP contribution in [0.5, 0.6) is 0 Å². The lowest BCUT2D eigenvalue weighted by Crippen LogP contribution is -2.37. The first-order valence-corrected chi connectivity index (χ1v) is 39.3. The van der Waals surface area contributed by atoms with Crippen LogP contribution in [0.1, 0.15) is 412 Å². The lowest BCUT2D eigenvalue weighted by molar-refractivity contribution is -0.870. The van der Waals surface area contributed by atoms with E-state index in [1.807, 2.05) is 21.1 Å². The third-order valence-electron chi connectivity index (χ3n) is 17.6. The summed E-state index contributed by atoms with van der Waals surface area (Å²) in [5.74, 6) is -0.767. The Kier molecular flexibility index (Phi) is 65.6. The minimum atomic E-state index is -4.38. The van der Waals surface area contributed by atoms with E-state index in [0.717, 1.165) is 38.5 Å². The van der Waals surface area contributed by atoms with Crippen LogP contribution in [0.4, 0.5) is 0 Å². The lowest BCUT2D eigenvalue weighted by atomic mass is 10.0. The number of hydrogen-bond acceptors (Lipinski definition) is 7. The minimum absolute atomic E-state index is 0.0377. The van der Waals surface area contributed by atoms with Gasteiger partial charge in [-0.1, -0.05) is 386 Å². The molecule has 9 nitrogen and oxygen atoms in total. The molecule has 0 amide bonds. The zero-order chi connectivity index (χ0) is 61.2. The number of hydrogen-bond donors (Lipinski definition) is 1. The Morgan fingerprint density at radius 3 is 0.762 bits per heavy atom. The minimum Gasteiger partial charge on any atom is -0.462 e. The van der Waals surface area contributed by atoms with Gasteiger partial charge >= 0.3 is 19.8 Å². The number of esters is 2. The Hall–Kier alpha value is -0.990. The van der Waals surface area contributed by atoms with Gasteiger partial charge in [0.15, 0.2) is 6.10 Å². The highest BCUT2D eigenvalue weighted by molar-refractivity contribution is 7.47. The van der Waals surface area contributed by atoms with E-state index in [-0.39, 0.29) is 25.6 Å². The molecule has 0 saturated carbocycles. The third-order valence-corrected chi connectivity index (χ3v) is 18.6. The molecule has 0 bridgehead atoms. The van der Waals surface area contributed by atoms with Crippen LogP contribution < -0.4 is 0 Å². The Morgan fingerprint density at radius 1 is 0.321 bits per heavy atom. The molecule has 0 aliphatic heterocycles. The van der Waals surface area contributed by atoms with Gasteiger partial charge in [0.05, 0.1) is 27.7 Å². The van der Waals surface area contributed by atoms with Crippen molar-refractivity contribution < 1.29 is 42.1 Å². The average molecular weight is 1210 g/mol. The standard InChI is InChI=1S/C74H148NO8P/c1-6-8-10-12-14-16-18-20-22-24-26-28-30-31-32-33-34-35-36-37-38-39-40-41-42-43-44-45-47-49-51-53-55-57-59-61-63-65-67-74(77)83-72(71-82-84(78,79)81-69-68-75(3,4)5)70-80-73(76)66-64-62-60-58-56-54-52-50-48-46-29-27-25-23-21-19-17-15-13-11-9-7-2/h72H,6-71H2,1-5H3/p+1. The van der Waals surface area contributed by atoms with Crippen LogP contribution in [-0.2, 0) is 32.7 Å². The number of quaternary nitrogens is 1. The first-order valence-electron chi connectivity index (χ1n) is 37.8. The predicted octanol–water partition coefficient (Wildman–Crippen LogP) is 24.5. The molecular formula is C74H149NO8P+. The molecule has 502 valence electrons. The summed E-state index contributed by atoms with van der Waals surface area (Å²) in [6.45, 7) is 4.53. The topological polar surface area (TPSA) is 108 Å². The van der Waals surface area contributed by atoms with E-state index in [9.17, 15) is 19.0 Å². The molecule has 0 aliphatic rings. The van der Waals surface area contributed by atoms with Gasteiger partial charge in [0.1, 0.15) is 19.8 Å². The zero-order valence-electron chi connectivity index (χ0n) is 57.4. The number of carbonyl (C=O) groups is 2. The Balaban J connectivity index is 3.87. The number of unbranched alkanes of at least 4 members (excludes halogenated alkanes) is 58. The van der Waals surface area contributed by atoms with Crippen molar-refractivity contribution in [2.75, 3.05) is 47.5 Å². The van der Waals surface area contributed by atoms with Crippen molar-refractivity contribution in [3.05, 3.63) is 0 Å². The molecule has 84 heavy (non-hydrogen) atoms. The van der Waals surface area contributed by atoms with E-state index < -0.39 is 26.5 Å². The van der Waals surface area contributed by atoms with Gasteiger partial charge in [-0.2, -0.15) is 0 Å². The molecule has 2 atom stereocenters. The van der Waals surface area contributed by atoms with Crippen LogP contribution in [0, 0.1) is 0 Å². The SMILES string of the molecule is CCCCCCCCCCCCCCCCCCCCCCCCCCCCCCCCCCCCCCCCC(=O)OC(COC(=O)CCCCCCCCCCCCCCCCCCCCCCCC)COP(=O)(O)OCC[N+](C)(C)C. The molecule has 0 spiro atoms. The van der Waals surface area contributed by atoms with Crippen molar-refractivity contribution in [2.24, 2.45) is 0 Å².